The molecule has 0 aliphatic carbocycles. The molecule has 0 aromatic heterocycles. The Kier molecular flexibility index (Phi) is 47.6. The molecule has 0 unspecified atom stereocenters. The Morgan fingerprint density at radius 3 is 0.875 bits per heavy atom. The average Bonchev–Trinajstić information content (AvgIpc) is 2.09. The molecule has 16 radical (unpaired) electrons. The van der Waals surface area contributed by atoms with E-state index in [1.54, 1.807) is 0 Å². The number of hydrogen-bond acceptors (Lipinski definition) is 14. The molecule has 0 aromatic rings. The molecule has 1 aliphatic rings. The smallest absolute Gasteiger partial charge is 0 e. The van der Waals surface area contributed by atoms with Gasteiger partial charge in [0.25, 0.3) is 0 Å². The van der Waals surface area contributed by atoms with E-state index in [2.05, 4.69) is 0 Å². The van der Waals surface area contributed by atoms with Gasteiger partial charge >= 0.3 is 238 Å². The zero-order valence-corrected chi connectivity index (χ0v) is 41.3. The van der Waals surface area contributed by atoms with Crippen LogP contribution in [-0.4, -0.2) is 219 Å². The second-order valence-electron chi connectivity index (χ2n) is 1.87. The molecule has 0 bridgehead atoms. The van der Waals surface area contributed by atoms with Gasteiger partial charge in [0.05, 0.1) is 0 Å². The maximum absolute atomic E-state index is 10.6. The van der Waals surface area contributed by atoms with Crippen LogP contribution in [-0.2, 0) is 21.7 Å². The minimum absolute atomic E-state index is 0. The molecule has 1 fully saturated rings. The van der Waals surface area contributed by atoms with E-state index in [1.807, 2.05) is 0 Å². The van der Waals surface area contributed by atoms with Gasteiger partial charge in [0.1, 0.15) is 0 Å². The second kappa shape index (κ2) is 25.8. The van der Waals surface area contributed by atoms with Crippen molar-refractivity contribution >= 4 is 219 Å². The molecule has 24 heavy (non-hydrogen) atoms. The molecule has 0 spiro atoms. The van der Waals surface area contributed by atoms with Gasteiger partial charge in [-0.3, -0.25) is 0 Å². The molecule has 1 aliphatic heterocycles. The van der Waals surface area contributed by atoms with Gasteiger partial charge in [-0.15, -0.1) is 0 Å². The van der Waals surface area contributed by atoms with Crippen molar-refractivity contribution in [2.45, 2.75) is 0 Å². The minimum atomic E-state index is -5.88. The average molecular weight is 1770 g/mol. The van der Waals surface area contributed by atoms with Crippen molar-refractivity contribution in [3.8, 4) is 0 Å². The number of hydrogen-bond donors (Lipinski definition) is 0. The molecule has 14 nitrogen and oxygen atoms in total. The Morgan fingerprint density at radius 1 is 0.625 bits per heavy atom. The van der Waals surface area contributed by atoms with Crippen LogP contribution in [0.3, 0.4) is 0 Å². The summed E-state index contributed by atoms with van der Waals surface area (Å²) >= 11 is -20.8. The van der Waals surface area contributed by atoms with E-state index in [1.165, 1.54) is 0 Å². The van der Waals surface area contributed by atoms with Gasteiger partial charge in [-0.1, -0.05) is 0 Å². The van der Waals surface area contributed by atoms with Gasteiger partial charge in [0.2, 0.25) is 0 Å². The van der Waals surface area contributed by atoms with Crippen LogP contribution in [0.1, 0.15) is 0 Å². The summed E-state index contributed by atoms with van der Waals surface area (Å²) in [6, 6.07) is 0. The first-order valence-corrected chi connectivity index (χ1v) is 20.4. The summed E-state index contributed by atoms with van der Waals surface area (Å²) in [7, 11) is 0. The molecule has 1 heterocycles. The van der Waals surface area contributed by atoms with Gasteiger partial charge in [-0.05, 0) is 0 Å². The first kappa shape index (κ1) is 44.3. The number of rotatable bonds is 0. The maximum Gasteiger partial charge on any atom is 2.00 e. The van der Waals surface area contributed by atoms with Crippen LogP contribution in [0.5, 0.6) is 0 Å². The predicted molar refractivity (Wildman–Crippen MR) is 64.6 cm³/mol. The van der Waals surface area contributed by atoms with E-state index < -0.39 is 110 Å². The van der Waals surface area contributed by atoms with Crippen LogP contribution in [0.25, 0.3) is 0 Å². The van der Waals surface area contributed by atoms with E-state index in [0.29, 0.717) is 0 Å². The summed E-state index contributed by atoms with van der Waals surface area (Å²) in [5.41, 5.74) is 0. The molecule has 128 valence electrons. The standard InChI is InChI=1S/2AsH3O4.2AsO3.6Pb/c2*2-1(3,4)5;2*2-1(3)4;;;;;;/h2*(H3,2,3,4,5);;;;;;;;/q;;2*-2;;5*+2/p-6. The normalized spacial score (nSPS) is 17.1. The Labute approximate surface area is 259 Å². The molecule has 0 amide bonds. The Hall–Kier alpha value is 6.57. The molecule has 0 N–H and O–H groups in total. The summed E-state index contributed by atoms with van der Waals surface area (Å²) < 4.78 is 109. The molecule has 0 atom stereocenters. The quantitative estimate of drug-likeness (QED) is 0.205. The molecule has 1 rings (SSSR count). The summed E-state index contributed by atoms with van der Waals surface area (Å²) in [6.45, 7) is 0. The monoisotopic (exact) mass is 1770 g/mol. The van der Waals surface area contributed by atoms with E-state index >= 15 is 0 Å². The molecule has 24 heteroatoms. The Bertz CT molecular complexity index is 334. The van der Waals surface area contributed by atoms with Gasteiger partial charge < -0.3 is 0 Å². The molecule has 1 saturated heterocycles. The van der Waals surface area contributed by atoms with Gasteiger partial charge in [0.15, 0.2) is 0 Å². The largest absolute Gasteiger partial charge is 2.00 e. The van der Waals surface area contributed by atoms with Crippen molar-refractivity contribution in [1.82, 2.24) is 0 Å². The van der Waals surface area contributed by atoms with Crippen LogP contribution in [0.2, 0.25) is 0 Å². The Balaban J connectivity index is -0.0000000511. The van der Waals surface area contributed by atoms with Crippen LogP contribution in [0.15, 0.2) is 0 Å². The van der Waals surface area contributed by atoms with Gasteiger partial charge in [-0.25, -0.2) is 0 Å². The molecule has 0 aromatic carbocycles. The predicted octanol–water partition coefficient (Wildman–Crippen LogP) is -11.7. The maximum atomic E-state index is 10.6. The van der Waals surface area contributed by atoms with E-state index in [0.717, 1.165) is 0 Å². The third-order valence-electron chi connectivity index (χ3n) is 0.447. The van der Waals surface area contributed by atoms with Crippen LogP contribution >= 0.6 is 0 Å². The van der Waals surface area contributed by atoms with Crippen molar-refractivity contribution in [2.24, 2.45) is 0 Å². The first-order chi connectivity index (χ1) is 8.79. The third-order valence-corrected chi connectivity index (χ3v) is 20.4. The topological polar surface area (TPSA) is 244 Å². The molecular weight excluding hydrogens is 1770 g/mol. The second-order valence-corrected chi connectivity index (χ2v) is 25.1. The SMILES string of the molecule is O=[As]([O-])([O-])[O-].O=[As]([O-])([O-])[O-].O=[As]1[O][Pb][O][As](=O)[O][Pb][O]1.[Pb+2].[Pb+2].[Pb+2].[Pb]. The summed E-state index contributed by atoms with van der Waals surface area (Å²) in [6.07, 6.45) is 0. The van der Waals surface area contributed by atoms with Crippen molar-refractivity contribution in [1.29, 1.82) is 0 Å². The van der Waals surface area contributed by atoms with E-state index in [9.17, 15) is 7.48 Å². The summed E-state index contributed by atoms with van der Waals surface area (Å²) in [5, 5.41) is 0. The fourth-order valence-electron chi connectivity index (χ4n) is 0.192. The fourth-order valence-corrected chi connectivity index (χ4v) is 28.4. The van der Waals surface area contributed by atoms with Crippen molar-refractivity contribution in [3.63, 3.8) is 0 Å². The first-order valence-electron chi connectivity index (χ1n) is 3.37. The van der Waals surface area contributed by atoms with Crippen LogP contribution in [0, 0.1) is 0 Å². The van der Waals surface area contributed by atoms with Gasteiger partial charge in [-0.2, -0.15) is 0 Å². The summed E-state index contributed by atoms with van der Waals surface area (Å²) in [4.78, 5) is 0. The van der Waals surface area contributed by atoms with Crippen LogP contribution < -0.4 is 24.6 Å². The minimum Gasteiger partial charge on any atom is 0 e. The fraction of sp³-hybridized carbons (Fsp3) is 0. The summed E-state index contributed by atoms with van der Waals surface area (Å²) in [5.74, 6) is 0. The molecular formula is As4O14Pb6. The van der Waals surface area contributed by atoms with Crippen molar-refractivity contribution < 1.29 is 46.2 Å². The molecule has 0 saturated carbocycles. The van der Waals surface area contributed by atoms with E-state index in [-0.39, 0.29) is 109 Å². The zero-order chi connectivity index (χ0) is 16.4. The van der Waals surface area contributed by atoms with Gasteiger partial charge in [0, 0.05) is 27.3 Å². The zero-order valence-electron chi connectivity index (χ0n) is 10.5. The van der Waals surface area contributed by atoms with Crippen molar-refractivity contribution in [3.05, 3.63) is 0 Å². The Morgan fingerprint density at radius 2 is 0.750 bits per heavy atom. The van der Waals surface area contributed by atoms with Crippen molar-refractivity contribution in [2.75, 3.05) is 0 Å². The van der Waals surface area contributed by atoms with E-state index in [4.69, 9.17) is 38.8 Å². The van der Waals surface area contributed by atoms with Crippen LogP contribution in [0.4, 0.5) is 0 Å². The third kappa shape index (κ3) is 63.0.